The molecule has 6 nitrogen and oxygen atoms in total. The molecule has 1 aliphatic rings. The van der Waals surface area contributed by atoms with Crippen molar-refractivity contribution in [2.45, 2.75) is 33.8 Å². The van der Waals surface area contributed by atoms with Gasteiger partial charge in [0.15, 0.2) is 17.6 Å². The number of amides is 1. The first-order valence-corrected chi connectivity index (χ1v) is 9.50. The van der Waals surface area contributed by atoms with E-state index in [1.165, 1.54) is 6.08 Å². The Hall–Kier alpha value is -3.28. The lowest BCUT2D eigenvalue weighted by molar-refractivity contribution is -0.148. The third-order valence-corrected chi connectivity index (χ3v) is 4.57. The number of nitrogens with one attached hydrogen (secondary N) is 1. The highest BCUT2D eigenvalue weighted by Gasteiger charge is 2.18. The molecule has 0 saturated heterocycles. The summed E-state index contributed by atoms with van der Waals surface area (Å²) in [5, 5.41) is 2.85. The number of rotatable bonds is 5. The Morgan fingerprint density at radius 2 is 1.69 bits per heavy atom. The Balaban J connectivity index is 1.59. The molecule has 1 heterocycles. The average molecular weight is 395 g/mol. The molecule has 0 fully saturated rings. The maximum atomic E-state index is 12.4. The molecule has 0 aromatic heterocycles. The second kappa shape index (κ2) is 8.82. The fraction of sp³-hybridized carbons (Fsp3) is 0.304. The van der Waals surface area contributed by atoms with Gasteiger partial charge in [-0.3, -0.25) is 4.79 Å². The molecule has 3 rings (SSSR count). The van der Waals surface area contributed by atoms with Crippen molar-refractivity contribution in [1.82, 2.24) is 0 Å². The van der Waals surface area contributed by atoms with Gasteiger partial charge in [0, 0.05) is 11.8 Å². The summed E-state index contributed by atoms with van der Waals surface area (Å²) < 4.78 is 16.2. The highest BCUT2D eigenvalue weighted by atomic mass is 16.6. The van der Waals surface area contributed by atoms with Crippen LogP contribution in [0.1, 0.15) is 29.2 Å². The Morgan fingerprint density at radius 1 is 1.03 bits per heavy atom. The van der Waals surface area contributed by atoms with Crippen LogP contribution in [0.4, 0.5) is 5.69 Å². The number of aryl methyl sites for hydroxylation is 3. The van der Waals surface area contributed by atoms with E-state index in [9.17, 15) is 9.59 Å². The zero-order chi connectivity index (χ0) is 21.0. The maximum absolute atomic E-state index is 12.4. The number of hydrogen-bond donors (Lipinski definition) is 1. The molecule has 29 heavy (non-hydrogen) atoms. The van der Waals surface area contributed by atoms with Crippen LogP contribution in [0.25, 0.3) is 6.08 Å². The molecular weight excluding hydrogens is 370 g/mol. The van der Waals surface area contributed by atoms with Crippen LogP contribution >= 0.6 is 0 Å². The summed E-state index contributed by atoms with van der Waals surface area (Å²) in [7, 11) is 0. The lowest BCUT2D eigenvalue weighted by atomic mass is 10.0. The van der Waals surface area contributed by atoms with Gasteiger partial charge in [0.1, 0.15) is 13.2 Å². The van der Waals surface area contributed by atoms with Gasteiger partial charge in [0.25, 0.3) is 5.91 Å². The predicted molar refractivity (Wildman–Crippen MR) is 111 cm³/mol. The van der Waals surface area contributed by atoms with Gasteiger partial charge in [-0.1, -0.05) is 23.8 Å². The van der Waals surface area contributed by atoms with Gasteiger partial charge in [0.2, 0.25) is 0 Å². The van der Waals surface area contributed by atoms with Gasteiger partial charge in [-0.05, 0) is 62.6 Å². The summed E-state index contributed by atoms with van der Waals surface area (Å²) in [6.07, 6.45) is 1.98. The predicted octanol–water partition coefficient (Wildman–Crippen LogP) is 3.97. The molecule has 2 aromatic rings. The average Bonchev–Trinajstić information content (AvgIpc) is 2.68. The zero-order valence-electron chi connectivity index (χ0n) is 17.1. The molecule has 0 spiro atoms. The van der Waals surface area contributed by atoms with E-state index in [-0.39, 0.29) is 5.91 Å². The molecule has 0 bridgehead atoms. The highest BCUT2D eigenvalue weighted by Crippen LogP contribution is 2.31. The molecular formula is C23H25NO5. The number of fused-ring (bicyclic) bond motifs is 1. The van der Waals surface area contributed by atoms with Gasteiger partial charge in [-0.25, -0.2) is 4.79 Å². The van der Waals surface area contributed by atoms with Gasteiger partial charge in [-0.15, -0.1) is 0 Å². The summed E-state index contributed by atoms with van der Waals surface area (Å²) in [5.74, 6) is 0.354. The third kappa shape index (κ3) is 5.16. The van der Waals surface area contributed by atoms with Crippen molar-refractivity contribution in [1.29, 1.82) is 0 Å². The van der Waals surface area contributed by atoms with Crippen molar-refractivity contribution in [2.75, 3.05) is 18.5 Å². The first-order chi connectivity index (χ1) is 13.8. The second-order valence-electron chi connectivity index (χ2n) is 7.08. The number of hydrogen-bond acceptors (Lipinski definition) is 5. The molecule has 0 unspecified atom stereocenters. The van der Waals surface area contributed by atoms with E-state index in [2.05, 4.69) is 5.32 Å². The standard InChI is InChI=1S/C23H25NO5/c1-14-11-15(2)22(16(3)12-14)24-23(26)17(4)29-21(25)8-6-18-5-7-19-20(13-18)28-10-9-27-19/h5-8,11-13,17H,9-10H2,1-4H3,(H,24,26)/b8-6+/t17-/m0/s1. The Morgan fingerprint density at radius 3 is 2.38 bits per heavy atom. The van der Waals surface area contributed by atoms with E-state index in [0.29, 0.717) is 24.7 Å². The Kier molecular flexibility index (Phi) is 6.22. The number of esters is 1. The second-order valence-corrected chi connectivity index (χ2v) is 7.08. The molecule has 152 valence electrons. The Bertz CT molecular complexity index is 941. The lowest BCUT2D eigenvalue weighted by Gasteiger charge is -2.18. The van der Waals surface area contributed by atoms with E-state index in [1.807, 2.05) is 39.0 Å². The van der Waals surface area contributed by atoms with E-state index in [1.54, 1.807) is 25.1 Å². The van der Waals surface area contributed by atoms with E-state index < -0.39 is 12.1 Å². The first-order valence-electron chi connectivity index (χ1n) is 9.50. The fourth-order valence-electron chi connectivity index (χ4n) is 3.20. The van der Waals surface area contributed by atoms with Gasteiger partial charge in [-0.2, -0.15) is 0 Å². The van der Waals surface area contributed by atoms with E-state index >= 15 is 0 Å². The van der Waals surface area contributed by atoms with Gasteiger partial charge < -0.3 is 19.5 Å². The van der Waals surface area contributed by atoms with Crippen LogP contribution in [0.2, 0.25) is 0 Å². The van der Waals surface area contributed by atoms with Crippen LogP contribution in [0, 0.1) is 20.8 Å². The minimum atomic E-state index is -0.924. The molecule has 1 atom stereocenters. The monoisotopic (exact) mass is 395 g/mol. The normalized spacial score (nSPS) is 13.8. The molecule has 2 aromatic carbocycles. The van der Waals surface area contributed by atoms with Gasteiger partial charge >= 0.3 is 5.97 Å². The molecule has 1 amide bonds. The van der Waals surface area contributed by atoms with Crippen LogP contribution in [0.3, 0.4) is 0 Å². The van der Waals surface area contributed by atoms with Crippen molar-refractivity contribution in [3.63, 3.8) is 0 Å². The summed E-state index contributed by atoms with van der Waals surface area (Å²) >= 11 is 0. The first kappa shape index (κ1) is 20.5. The zero-order valence-corrected chi connectivity index (χ0v) is 17.1. The molecule has 0 radical (unpaired) electrons. The lowest BCUT2D eigenvalue weighted by Crippen LogP contribution is -2.30. The third-order valence-electron chi connectivity index (χ3n) is 4.57. The number of carbonyl (C=O) groups excluding carboxylic acids is 2. The quantitative estimate of drug-likeness (QED) is 0.613. The number of carbonyl (C=O) groups is 2. The van der Waals surface area contributed by atoms with Crippen LogP contribution in [0.5, 0.6) is 11.5 Å². The summed E-state index contributed by atoms with van der Waals surface area (Å²) in [6.45, 7) is 8.43. The maximum Gasteiger partial charge on any atom is 0.331 e. The molecule has 0 aliphatic carbocycles. The van der Waals surface area contributed by atoms with Crippen molar-refractivity contribution in [3.05, 3.63) is 58.7 Å². The van der Waals surface area contributed by atoms with Crippen LogP contribution in [0.15, 0.2) is 36.4 Å². The number of benzene rings is 2. The van der Waals surface area contributed by atoms with Gasteiger partial charge in [0.05, 0.1) is 0 Å². The van der Waals surface area contributed by atoms with E-state index in [4.69, 9.17) is 14.2 Å². The minimum absolute atomic E-state index is 0.374. The molecule has 1 aliphatic heterocycles. The van der Waals surface area contributed by atoms with Crippen LogP contribution in [-0.4, -0.2) is 31.2 Å². The highest BCUT2D eigenvalue weighted by molar-refractivity contribution is 5.97. The van der Waals surface area contributed by atoms with Crippen molar-refractivity contribution in [3.8, 4) is 11.5 Å². The molecule has 0 saturated carbocycles. The molecule has 1 N–H and O–H groups in total. The largest absolute Gasteiger partial charge is 0.486 e. The van der Waals surface area contributed by atoms with Crippen molar-refractivity contribution >= 4 is 23.6 Å². The fourth-order valence-corrected chi connectivity index (χ4v) is 3.20. The Labute approximate surface area is 170 Å². The van der Waals surface area contributed by atoms with Crippen LogP contribution < -0.4 is 14.8 Å². The van der Waals surface area contributed by atoms with Crippen molar-refractivity contribution < 1.29 is 23.8 Å². The van der Waals surface area contributed by atoms with Crippen LogP contribution in [-0.2, 0) is 14.3 Å². The summed E-state index contributed by atoms with van der Waals surface area (Å²) in [6, 6.07) is 9.39. The number of anilines is 1. The summed E-state index contributed by atoms with van der Waals surface area (Å²) in [4.78, 5) is 24.5. The molecule has 6 heteroatoms. The summed E-state index contributed by atoms with van der Waals surface area (Å²) in [5.41, 5.74) is 4.58. The number of ether oxygens (including phenoxy) is 3. The van der Waals surface area contributed by atoms with Crippen molar-refractivity contribution in [2.24, 2.45) is 0 Å². The SMILES string of the molecule is Cc1cc(C)c(NC(=O)[C@H](C)OC(=O)/C=C/c2ccc3c(c2)OCCO3)c(C)c1. The van der Waals surface area contributed by atoms with E-state index in [0.717, 1.165) is 27.9 Å². The minimum Gasteiger partial charge on any atom is -0.486 e. The smallest absolute Gasteiger partial charge is 0.331 e. The topological polar surface area (TPSA) is 73.9 Å².